The Morgan fingerprint density at radius 2 is 0.722 bits per heavy atom. The molecule has 5 aromatic rings. The molecule has 0 saturated carbocycles. The van der Waals surface area contributed by atoms with Crippen LogP contribution in [-0.2, 0) is 0 Å². The zero-order valence-electron chi connectivity index (χ0n) is 20.6. The van der Waals surface area contributed by atoms with Crippen molar-refractivity contribution in [2.45, 2.75) is 13.8 Å². The molecule has 0 fully saturated rings. The topological polar surface area (TPSA) is 24.7 Å². The second-order valence-electron chi connectivity index (χ2n) is 8.81. The van der Waals surface area contributed by atoms with Gasteiger partial charge in [-0.25, -0.2) is 9.98 Å². The zero-order chi connectivity index (χ0) is 24.7. The van der Waals surface area contributed by atoms with E-state index in [1.807, 2.05) is 72.8 Å². The Labute approximate surface area is 213 Å². The van der Waals surface area contributed by atoms with Crippen molar-refractivity contribution in [3.8, 4) is 0 Å². The van der Waals surface area contributed by atoms with Crippen molar-refractivity contribution in [2.24, 2.45) is 9.98 Å². The molecule has 0 amide bonds. The fourth-order valence-corrected chi connectivity index (χ4v) is 4.34. The van der Waals surface area contributed by atoms with E-state index in [2.05, 4.69) is 74.5 Å². The maximum Gasteiger partial charge on any atom is 0.0784 e. The van der Waals surface area contributed by atoms with Gasteiger partial charge in [0, 0.05) is 22.3 Å². The summed E-state index contributed by atoms with van der Waals surface area (Å²) in [6, 6.07) is 45.6. The highest BCUT2D eigenvalue weighted by Gasteiger charge is 2.16. The van der Waals surface area contributed by atoms with Crippen molar-refractivity contribution in [3.05, 3.63) is 167 Å². The Morgan fingerprint density at radius 1 is 0.417 bits per heavy atom. The molecular weight excluding hydrogens is 436 g/mol. The fraction of sp³-hybridized carbons (Fsp3) is 0.0588. The van der Waals surface area contributed by atoms with Crippen LogP contribution >= 0.6 is 0 Å². The lowest BCUT2D eigenvalue weighted by Gasteiger charge is -2.17. The van der Waals surface area contributed by atoms with Gasteiger partial charge in [0.2, 0.25) is 0 Å². The molecule has 0 aliphatic heterocycles. The van der Waals surface area contributed by atoms with Crippen LogP contribution in [0.3, 0.4) is 0 Å². The van der Waals surface area contributed by atoms with Crippen molar-refractivity contribution < 1.29 is 0 Å². The molecule has 0 N–H and O–H groups in total. The minimum Gasteiger partial charge on any atom is -0.248 e. The number of benzene rings is 5. The first-order valence-corrected chi connectivity index (χ1v) is 12.2. The van der Waals surface area contributed by atoms with Crippen LogP contribution < -0.4 is 0 Å². The summed E-state index contributed by atoms with van der Waals surface area (Å²) in [7, 11) is 0. The van der Waals surface area contributed by atoms with E-state index in [0.717, 1.165) is 56.2 Å². The number of hydrogen-bond acceptors (Lipinski definition) is 2. The molecule has 0 saturated heterocycles. The Kier molecular flexibility index (Phi) is 6.95. The van der Waals surface area contributed by atoms with Crippen LogP contribution in [0.4, 0.5) is 11.4 Å². The molecule has 2 heteroatoms. The molecule has 36 heavy (non-hydrogen) atoms. The van der Waals surface area contributed by atoms with E-state index in [0.29, 0.717) is 0 Å². The normalized spacial score (nSPS) is 11.9. The van der Waals surface area contributed by atoms with E-state index in [9.17, 15) is 0 Å². The van der Waals surface area contributed by atoms with Crippen molar-refractivity contribution in [2.75, 3.05) is 0 Å². The van der Waals surface area contributed by atoms with E-state index >= 15 is 0 Å². The van der Waals surface area contributed by atoms with Crippen molar-refractivity contribution in [3.63, 3.8) is 0 Å². The van der Waals surface area contributed by atoms with Gasteiger partial charge in [-0.3, -0.25) is 0 Å². The maximum absolute atomic E-state index is 5.09. The Balaban J connectivity index is 1.67. The van der Waals surface area contributed by atoms with Gasteiger partial charge in [0.1, 0.15) is 0 Å². The number of hydrogen-bond donors (Lipinski definition) is 0. The first kappa shape index (κ1) is 23.2. The second kappa shape index (κ2) is 10.8. The quantitative estimate of drug-likeness (QED) is 0.225. The minimum atomic E-state index is 0.938. The molecule has 5 rings (SSSR count). The van der Waals surface area contributed by atoms with Crippen molar-refractivity contribution in [1.82, 2.24) is 0 Å². The predicted octanol–water partition coefficient (Wildman–Crippen LogP) is 8.64. The lowest BCUT2D eigenvalue weighted by Crippen LogP contribution is -2.11. The maximum atomic E-state index is 5.09. The van der Waals surface area contributed by atoms with E-state index in [1.54, 1.807) is 0 Å². The molecule has 0 radical (unpaired) electrons. The molecule has 0 unspecified atom stereocenters. The lowest BCUT2D eigenvalue weighted by atomic mass is 9.90. The molecular formula is C34H28N2. The Bertz CT molecular complexity index is 1380. The monoisotopic (exact) mass is 464 g/mol. The van der Waals surface area contributed by atoms with Crippen LogP contribution in [0.2, 0.25) is 0 Å². The summed E-state index contributed by atoms with van der Waals surface area (Å²) in [6.07, 6.45) is 0. The molecule has 2 nitrogen and oxygen atoms in total. The molecule has 5 aromatic carbocycles. The van der Waals surface area contributed by atoms with Crippen LogP contribution in [0.1, 0.15) is 33.4 Å². The number of aryl methyl sites for hydroxylation is 2. The van der Waals surface area contributed by atoms with Crippen molar-refractivity contribution >= 4 is 22.8 Å². The highest BCUT2D eigenvalue weighted by Crippen LogP contribution is 2.26. The third-order valence-electron chi connectivity index (χ3n) is 6.17. The lowest BCUT2D eigenvalue weighted by molar-refractivity contribution is 1.33. The van der Waals surface area contributed by atoms with Crippen molar-refractivity contribution in [1.29, 1.82) is 0 Å². The second-order valence-corrected chi connectivity index (χ2v) is 8.81. The molecule has 0 spiro atoms. The molecule has 0 aliphatic rings. The predicted molar refractivity (Wildman–Crippen MR) is 152 cm³/mol. The Hall–Kier alpha value is -4.56. The van der Waals surface area contributed by atoms with Gasteiger partial charge < -0.3 is 0 Å². The number of nitrogens with zero attached hydrogens (tertiary/aromatic N) is 2. The first-order chi connectivity index (χ1) is 17.7. The summed E-state index contributed by atoms with van der Waals surface area (Å²) >= 11 is 0. The summed E-state index contributed by atoms with van der Waals surface area (Å²) in [4.78, 5) is 10.2. The molecule has 0 atom stereocenters. The molecule has 0 bridgehead atoms. The van der Waals surface area contributed by atoms with E-state index < -0.39 is 0 Å². The van der Waals surface area contributed by atoms with Gasteiger partial charge in [-0.05, 0) is 61.4 Å². The number of rotatable bonds is 6. The van der Waals surface area contributed by atoms with Gasteiger partial charge in [-0.1, -0.05) is 97.1 Å². The van der Waals surface area contributed by atoms with Crippen LogP contribution in [0.15, 0.2) is 143 Å². The molecule has 0 aromatic heterocycles. The van der Waals surface area contributed by atoms with Crippen LogP contribution in [0.5, 0.6) is 0 Å². The SMILES string of the molecule is Cc1cc(/C(=N/c2ccccc2)c2ccccc2)c(C)cc1/C(=N/c1ccccc1)c1ccccc1. The van der Waals surface area contributed by atoms with Gasteiger partial charge in [-0.2, -0.15) is 0 Å². The van der Waals surface area contributed by atoms with Gasteiger partial charge in [0.15, 0.2) is 0 Å². The highest BCUT2D eigenvalue weighted by molar-refractivity contribution is 6.18. The summed E-state index contributed by atoms with van der Waals surface area (Å²) in [6.45, 7) is 4.32. The number of para-hydroxylation sites is 2. The van der Waals surface area contributed by atoms with Gasteiger partial charge >= 0.3 is 0 Å². The zero-order valence-corrected chi connectivity index (χ0v) is 20.6. The van der Waals surface area contributed by atoms with Crippen LogP contribution in [-0.4, -0.2) is 11.4 Å². The molecule has 174 valence electrons. The average Bonchev–Trinajstić information content (AvgIpc) is 2.94. The standard InChI is InChI=1S/C34H28N2/c1-25-23-32(34(28-17-9-4-10-18-28)36-30-21-13-6-14-22-30)26(2)24-31(25)33(27-15-7-3-8-16-27)35-29-19-11-5-12-20-29/h3-24H,1-2H3/b35-33+,36-34+. The van der Waals surface area contributed by atoms with Gasteiger partial charge in [-0.15, -0.1) is 0 Å². The Morgan fingerprint density at radius 3 is 1.06 bits per heavy atom. The largest absolute Gasteiger partial charge is 0.248 e. The van der Waals surface area contributed by atoms with E-state index in [-0.39, 0.29) is 0 Å². The van der Waals surface area contributed by atoms with Gasteiger partial charge in [0.25, 0.3) is 0 Å². The highest BCUT2D eigenvalue weighted by atomic mass is 14.8. The summed E-state index contributed by atoms with van der Waals surface area (Å²) in [5, 5.41) is 0. The first-order valence-electron chi connectivity index (χ1n) is 12.2. The van der Waals surface area contributed by atoms with Crippen LogP contribution in [0, 0.1) is 13.8 Å². The number of aliphatic imine (C=N–C) groups is 2. The fourth-order valence-electron chi connectivity index (χ4n) is 4.34. The minimum absolute atomic E-state index is 0.938. The van der Waals surface area contributed by atoms with E-state index in [1.165, 1.54) is 0 Å². The average molecular weight is 465 g/mol. The third-order valence-corrected chi connectivity index (χ3v) is 6.17. The third kappa shape index (κ3) is 5.24. The van der Waals surface area contributed by atoms with Crippen LogP contribution in [0.25, 0.3) is 0 Å². The summed E-state index contributed by atoms with van der Waals surface area (Å²) < 4.78 is 0. The summed E-state index contributed by atoms with van der Waals surface area (Å²) in [5.41, 5.74) is 10.6. The molecule has 0 heterocycles. The summed E-state index contributed by atoms with van der Waals surface area (Å²) in [5.74, 6) is 0. The smallest absolute Gasteiger partial charge is 0.0784 e. The van der Waals surface area contributed by atoms with E-state index in [4.69, 9.17) is 9.98 Å². The molecule has 0 aliphatic carbocycles. The van der Waals surface area contributed by atoms with Gasteiger partial charge in [0.05, 0.1) is 22.8 Å².